The van der Waals surface area contributed by atoms with Crippen LogP contribution in [0.1, 0.15) is 20.8 Å². The SMILES string of the molecule is Cn1ccnc1NC(=O)c1cc(NC(=O)c2cc(-c3cccc(N)n3)ccc2Cl)n(-c2ccccc2)n1. The lowest BCUT2D eigenvalue weighted by atomic mass is 10.1. The molecule has 0 aliphatic heterocycles. The standard InChI is InChI=1S/C26H21ClN8O2/c1-34-13-12-29-26(34)32-25(37)21-15-23(35(33-21)17-6-3-2-4-7-17)31-24(36)18-14-16(10-11-19(18)27)20-8-5-9-22(28)30-20/h2-15H,1H3,(H2,28,30)(H,31,36)(H,29,32,37). The number of amides is 2. The Morgan fingerprint density at radius 2 is 1.76 bits per heavy atom. The number of aryl methyl sites for hydroxylation is 1. The van der Waals surface area contributed by atoms with Crippen LogP contribution in [0, 0.1) is 0 Å². The molecule has 3 heterocycles. The molecule has 5 aromatic rings. The minimum absolute atomic E-state index is 0.0889. The minimum Gasteiger partial charge on any atom is -0.384 e. The fourth-order valence-corrected chi connectivity index (χ4v) is 3.86. The van der Waals surface area contributed by atoms with Crippen molar-refractivity contribution in [1.29, 1.82) is 0 Å². The Balaban J connectivity index is 1.48. The minimum atomic E-state index is -0.483. The van der Waals surface area contributed by atoms with Gasteiger partial charge in [-0.25, -0.2) is 14.6 Å². The van der Waals surface area contributed by atoms with Crippen molar-refractivity contribution in [2.24, 2.45) is 7.05 Å². The van der Waals surface area contributed by atoms with Gasteiger partial charge in [-0.05, 0) is 36.4 Å². The third-order valence-corrected chi connectivity index (χ3v) is 5.84. The second-order valence-corrected chi connectivity index (χ2v) is 8.48. The maximum atomic E-state index is 13.4. The zero-order chi connectivity index (χ0) is 25.9. The number of nitrogens with zero attached hydrogens (tertiary/aromatic N) is 5. The highest BCUT2D eigenvalue weighted by Crippen LogP contribution is 2.26. The van der Waals surface area contributed by atoms with Gasteiger partial charge >= 0.3 is 0 Å². The molecule has 37 heavy (non-hydrogen) atoms. The highest BCUT2D eigenvalue weighted by molar-refractivity contribution is 6.34. The van der Waals surface area contributed by atoms with Crippen LogP contribution in [0.25, 0.3) is 16.9 Å². The van der Waals surface area contributed by atoms with E-state index in [0.29, 0.717) is 28.7 Å². The van der Waals surface area contributed by atoms with Crippen LogP contribution >= 0.6 is 11.6 Å². The van der Waals surface area contributed by atoms with Gasteiger partial charge in [-0.1, -0.05) is 41.9 Å². The van der Waals surface area contributed by atoms with E-state index in [2.05, 4.69) is 25.7 Å². The number of benzene rings is 2. The van der Waals surface area contributed by atoms with E-state index in [4.69, 9.17) is 17.3 Å². The molecule has 5 rings (SSSR count). The Labute approximate surface area is 216 Å². The number of hydrogen-bond acceptors (Lipinski definition) is 6. The van der Waals surface area contributed by atoms with Gasteiger partial charge in [0.25, 0.3) is 11.8 Å². The van der Waals surface area contributed by atoms with Gasteiger partial charge in [0.1, 0.15) is 11.6 Å². The average Bonchev–Trinajstić information content (AvgIpc) is 3.50. The van der Waals surface area contributed by atoms with Gasteiger partial charge in [0, 0.05) is 31.1 Å². The number of hydrogen-bond donors (Lipinski definition) is 3. The Bertz CT molecular complexity index is 1610. The monoisotopic (exact) mass is 512 g/mol. The number of nitrogen functional groups attached to an aromatic ring is 1. The summed E-state index contributed by atoms with van der Waals surface area (Å²) in [7, 11) is 1.76. The highest BCUT2D eigenvalue weighted by Gasteiger charge is 2.20. The van der Waals surface area contributed by atoms with Crippen LogP contribution in [-0.2, 0) is 7.05 Å². The molecule has 2 aromatic carbocycles. The number of aromatic nitrogens is 5. The van der Waals surface area contributed by atoms with E-state index in [0.717, 1.165) is 0 Å². The lowest BCUT2D eigenvalue weighted by Crippen LogP contribution is -2.16. The summed E-state index contributed by atoms with van der Waals surface area (Å²) in [6, 6.07) is 20.9. The summed E-state index contributed by atoms with van der Waals surface area (Å²) in [4.78, 5) is 34.7. The fraction of sp³-hybridized carbons (Fsp3) is 0.0385. The highest BCUT2D eigenvalue weighted by atomic mass is 35.5. The van der Waals surface area contributed by atoms with Gasteiger partial charge in [0.05, 0.1) is 22.0 Å². The number of anilines is 3. The first-order valence-corrected chi connectivity index (χ1v) is 11.5. The first-order chi connectivity index (χ1) is 17.9. The lowest BCUT2D eigenvalue weighted by molar-refractivity contribution is 0.101. The van der Waals surface area contributed by atoms with Crippen LogP contribution in [0.15, 0.2) is 85.2 Å². The van der Waals surface area contributed by atoms with Gasteiger partial charge in [-0.3, -0.25) is 14.9 Å². The summed E-state index contributed by atoms with van der Waals surface area (Å²) in [6.45, 7) is 0. The number of halogens is 1. The first kappa shape index (κ1) is 23.8. The molecule has 3 aromatic heterocycles. The second-order valence-electron chi connectivity index (χ2n) is 8.07. The fourth-order valence-electron chi connectivity index (χ4n) is 3.65. The molecule has 0 bridgehead atoms. The third-order valence-electron chi connectivity index (χ3n) is 5.51. The van der Waals surface area contributed by atoms with Crippen LogP contribution in [0.5, 0.6) is 0 Å². The van der Waals surface area contributed by atoms with Crippen molar-refractivity contribution in [1.82, 2.24) is 24.3 Å². The van der Waals surface area contributed by atoms with Gasteiger partial charge in [-0.15, -0.1) is 0 Å². The van der Waals surface area contributed by atoms with Crippen LogP contribution < -0.4 is 16.4 Å². The largest absolute Gasteiger partial charge is 0.384 e. The van der Waals surface area contributed by atoms with E-state index in [1.807, 2.05) is 30.3 Å². The Kier molecular flexibility index (Phi) is 6.40. The van der Waals surface area contributed by atoms with Crippen LogP contribution in [0.3, 0.4) is 0 Å². The number of nitrogens with one attached hydrogen (secondary N) is 2. The van der Waals surface area contributed by atoms with E-state index < -0.39 is 11.8 Å². The Hall–Kier alpha value is -4.96. The van der Waals surface area contributed by atoms with Crippen molar-refractivity contribution < 1.29 is 9.59 Å². The molecular weight excluding hydrogens is 492 g/mol. The first-order valence-electron chi connectivity index (χ1n) is 11.2. The van der Waals surface area contributed by atoms with E-state index >= 15 is 0 Å². The Morgan fingerprint density at radius 3 is 2.49 bits per heavy atom. The number of carbonyl (C=O) groups is 2. The van der Waals surface area contributed by atoms with Crippen molar-refractivity contribution in [3.05, 3.63) is 101 Å². The molecule has 2 amide bonds. The maximum Gasteiger partial charge on any atom is 0.278 e. The number of rotatable bonds is 6. The molecule has 11 heteroatoms. The molecule has 10 nitrogen and oxygen atoms in total. The normalized spacial score (nSPS) is 10.8. The predicted octanol–water partition coefficient (Wildman–Crippen LogP) is 4.41. The topological polar surface area (TPSA) is 133 Å². The van der Waals surface area contributed by atoms with Gasteiger partial charge < -0.3 is 15.6 Å². The van der Waals surface area contributed by atoms with Crippen molar-refractivity contribution >= 4 is 41.0 Å². The zero-order valence-corrected chi connectivity index (χ0v) is 20.3. The molecule has 0 spiro atoms. The zero-order valence-electron chi connectivity index (χ0n) is 19.6. The molecule has 0 aliphatic rings. The summed E-state index contributed by atoms with van der Waals surface area (Å²) in [5, 5.41) is 10.2. The number of para-hydroxylation sites is 1. The average molecular weight is 513 g/mol. The molecule has 0 saturated heterocycles. The number of pyridine rings is 1. The number of carbonyl (C=O) groups excluding carboxylic acids is 2. The van der Waals surface area contributed by atoms with E-state index in [-0.39, 0.29) is 22.1 Å². The van der Waals surface area contributed by atoms with Gasteiger partial charge in [0.2, 0.25) is 5.95 Å². The molecule has 0 unspecified atom stereocenters. The van der Waals surface area contributed by atoms with Crippen LogP contribution in [0.4, 0.5) is 17.6 Å². The molecule has 0 aliphatic carbocycles. The van der Waals surface area contributed by atoms with E-state index in [9.17, 15) is 9.59 Å². The molecule has 0 radical (unpaired) electrons. The lowest BCUT2D eigenvalue weighted by Gasteiger charge is -2.11. The summed E-state index contributed by atoms with van der Waals surface area (Å²) < 4.78 is 3.14. The quantitative estimate of drug-likeness (QED) is 0.308. The van der Waals surface area contributed by atoms with Crippen LogP contribution in [0.2, 0.25) is 5.02 Å². The second kappa shape index (κ2) is 9.96. The molecule has 0 atom stereocenters. The Morgan fingerprint density at radius 1 is 0.946 bits per heavy atom. The molecule has 0 saturated carbocycles. The third kappa shape index (κ3) is 5.04. The summed E-state index contributed by atoms with van der Waals surface area (Å²) >= 11 is 6.38. The predicted molar refractivity (Wildman–Crippen MR) is 142 cm³/mol. The summed E-state index contributed by atoms with van der Waals surface area (Å²) in [5.74, 6) is 0.0473. The van der Waals surface area contributed by atoms with Crippen molar-refractivity contribution in [3.8, 4) is 16.9 Å². The molecular formula is C26H21ClN8O2. The van der Waals surface area contributed by atoms with Crippen molar-refractivity contribution in [2.45, 2.75) is 0 Å². The van der Waals surface area contributed by atoms with Gasteiger partial charge in [-0.2, -0.15) is 5.10 Å². The molecule has 184 valence electrons. The van der Waals surface area contributed by atoms with Crippen molar-refractivity contribution in [3.63, 3.8) is 0 Å². The van der Waals surface area contributed by atoms with Crippen LogP contribution in [-0.4, -0.2) is 36.1 Å². The number of imidazole rings is 1. The van der Waals surface area contributed by atoms with E-state index in [1.54, 1.807) is 60.4 Å². The smallest absolute Gasteiger partial charge is 0.278 e. The molecule has 0 fully saturated rings. The number of nitrogens with two attached hydrogens (primary N) is 1. The maximum absolute atomic E-state index is 13.4. The van der Waals surface area contributed by atoms with E-state index in [1.165, 1.54) is 10.7 Å². The van der Waals surface area contributed by atoms with Gasteiger partial charge in [0.15, 0.2) is 5.69 Å². The summed E-state index contributed by atoms with van der Waals surface area (Å²) in [5.41, 5.74) is 8.06. The summed E-state index contributed by atoms with van der Waals surface area (Å²) in [6.07, 6.45) is 3.28. The molecule has 4 N–H and O–H groups in total. The van der Waals surface area contributed by atoms with Crippen molar-refractivity contribution in [2.75, 3.05) is 16.4 Å².